The lowest BCUT2D eigenvalue weighted by molar-refractivity contribution is 0.233. The van der Waals surface area contributed by atoms with Crippen LogP contribution >= 0.6 is 11.6 Å². The summed E-state index contributed by atoms with van der Waals surface area (Å²) in [6.45, 7) is 0.308. The summed E-state index contributed by atoms with van der Waals surface area (Å²) in [5.41, 5.74) is 9.10. The van der Waals surface area contributed by atoms with Gasteiger partial charge in [0.1, 0.15) is 11.5 Å². The van der Waals surface area contributed by atoms with Crippen LogP contribution in [0.4, 0.5) is 10.1 Å². The third-order valence-electron chi connectivity index (χ3n) is 3.60. The maximum Gasteiger partial charge on any atom is 0.179 e. The Morgan fingerprint density at radius 2 is 2.00 bits per heavy atom. The predicted octanol–water partition coefficient (Wildman–Crippen LogP) is 1.77. The van der Waals surface area contributed by atoms with Crippen molar-refractivity contribution in [1.29, 1.82) is 5.41 Å². The molecule has 1 fully saturated rings. The average Bonchev–Trinajstić information content (AvgIpc) is 3.29. The molecule has 0 aromatic heterocycles. The molecule has 10 heteroatoms. The first-order valence-corrected chi connectivity index (χ1v) is 7.53. The second kappa shape index (κ2) is 7.67. The quantitative estimate of drug-likeness (QED) is 0.262. The van der Waals surface area contributed by atoms with Gasteiger partial charge in [0.05, 0.1) is 10.7 Å². The molecule has 0 spiro atoms. The molecule has 0 atom stereocenters. The fourth-order valence-electron chi connectivity index (χ4n) is 1.90. The molecule has 0 heterocycles. The fourth-order valence-corrected chi connectivity index (χ4v) is 2.08. The van der Waals surface area contributed by atoms with Gasteiger partial charge in [-0.1, -0.05) is 11.6 Å². The first-order chi connectivity index (χ1) is 11.4. The zero-order valence-corrected chi connectivity index (χ0v) is 13.4. The zero-order chi connectivity index (χ0) is 17.7. The number of rotatable bonds is 6. The number of aliphatic imine (C=N–C) groups is 2. The molecule has 1 saturated carbocycles. The molecule has 0 saturated heterocycles. The highest BCUT2D eigenvalue weighted by Crippen LogP contribution is 2.35. The molecule has 1 aromatic rings. The summed E-state index contributed by atoms with van der Waals surface area (Å²) in [6, 6.07) is 3.66. The molecular weight excluding hydrogens is 339 g/mol. The highest BCUT2D eigenvalue weighted by atomic mass is 35.5. The van der Waals surface area contributed by atoms with Crippen molar-refractivity contribution in [2.45, 2.75) is 24.8 Å². The van der Waals surface area contributed by atoms with E-state index in [4.69, 9.17) is 28.0 Å². The van der Waals surface area contributed by atoms with Crippen molar-refractivity contribution >= 4 is 34.7 Å². The average molecular weight is 357 g/mol. The largest absolute Gasteiger partial charge is 0.325 e. The minimum absolute atomic E-state index is 0.146. The van der Waals surface area contributed by atoms with E-state index in [0.29, 0.717) is 13.0 Å². The molecule has 1 aliphatic carbocycles. The number of hydrogen-bond acceptors (Lipinski definition) is 6. The van der Waals surface area contributed by atoms with Gasteiger partial charge in [0.15, 0.2) is 11.7 Å². The molecule has 0 unspecified atom stereocenters. The molecule has 0 aliphatic heterocycles. The summed E-state index contributed by atoms with van der Waals surface area (Å²) in [5, 5.41) is 26.1. The highest BCUT2D eigenvalue weighted by molar-refractivity contribution is 6.66. The SMILES string of the molecule is N=C(C(=NCCC1(N)CC1)NO)C(=Nc1ccc(F)c(Cl)c1)NO. The van der Waals surface area contributed by atoms with Crippen LogP contribution < -0.4 is 16.7 Å². The Bertz CT molecular complexity index is 690. The van der Waals surface area contributed by atoms with Crippen molar-refractivity contribution in [3.63, 3.8) is 0 Å². The van der Waals surface area contributed by atoms with Gasteiger partial charge in [-0.25, -0.2) is 9.38 Å². The minimum atomic E-state index is -0.612. The molecule has 8 nitrogen and oxygen atoms in total. The van der Waals surface area contributed by atoms with Crippen LogP contribution in [0.15, 0.2) is 28.2 Å². The Kier molecular flexibility index (Phi) is 5.84. The summed E-state index contributed by atoms with van der Waals surface area (Å²) in [6.07, 6.45) is 2.48. The van der Waals surface area contributed by atoms with Crippen LogP contribution in [0.2, 0.25) is 5.02 Å². The van der Waals surface area contributed by atoms with Gasteiger partial charge in [0.25, 0.3) is 0 Å². The van der Waals surface area contributed by atoms with E-state index >= 15 is 0 Å². The van der Waals surface area contributed by atoms with E-state index in [1.165, 1.54) is 12.1 Å². The van der Waals surface area contributed by atoms with Gasteiger partial charge in [0, 0.05) is 12.1 Å². The molecule has 0 radical (unpaired) electrons. The Morgan fingerprint density at radius 3 is 2.54 bits per heavy atom. The number of hydrogen-bond donors (Lipinski definition) is 6. The first-order valence-electron chi connectivity index (χ1n) is 7.15. The lowest BCUT2D eigenvalue weighted by Gasteiger charge is -2.10. The van der Waals surface area contributed by atoms with Crippen LogP contribution in [0.25, 0.3) is 0 Å². The number of amidine groups is 2. The molecule has 1 aromatic carbocycles. The molecule has 130 valence electrons. The molecule has 0 bridgehead atoms. The van der Waals surface area contributed by atoms with E-state index in [9.17, 15) is 9.60 Å². The van der Waals surface area contributed by atoms with Crippen molar-refractivity contribution in [2.24, 2.45) is 15.7 Å². The molecule has 2 rings (SSSR count). The number of benzene rings is 1. The van der Waals surface area contributed by atoms with Crippen molar-refractivity contribution in [3.8, 4) is 0 Å². The molecule has 0 amide bonds. The van der Waals surface area contributed by atoms with Crippen molar-refractivity contribution in [3.05, 3.63) is 29.0 Å². The standard InChI is InChI=1S/C14H18ClFN6O2/c15-9-7-8(1-2-10(9)16)20-13(22-24)11(17)12(21-23)19-6-5-14(18)3-4-14/h1-2,7,17,23-24H,3-6,18H2,(H,19,21)(H,20,22). The lowest BCUT2D eigenvalue weighted by Crippen LogP contribution is -2.39. The van der Waals surface area contributed by atoms with E-state index in [0.717, 1.165) is 18.9 Å². The monoisotopic (exact) mass is 356 g/mol. The Labute approximate surface area is 142 Å². The second-order valence-electron chi connectivity index (χ2n) is 5.50. The van der Waals surface area contributed by atoms with Crippen LogP contribution in [0.3, 0.4) is 0 Å². The maximum atomic E-state index is 13.1. The predicted molar refractivity (Wildman–Crippen MR) is 89.1 cm³/mol. The maximum absolute atomic E-state index is 13.1. The van der Waals surface area contributed by atoms with Crippen LogP contribution in [-0.2, 0) is 0 Å². The fraction of sp³-hybridized carbons (Fsp3) is 0.357. The second-order valence-corrected chi connectivity index (χ2v) is 5.91. The number of halogens is 2. The molecular formula is C14H18ClFN6O2. The van der Waals surface area contributed by atoms with Gasteiger partial charge in [-0.05, 0) is 37.5 Å². The van der Waals surface area contributed by atoms with Crippen molar-refractivity contribution in [2.75, 3.05) is 6.54 Å². The van der Waals surface area contributed by atoms with Crippen LogP contribution in [-0.4, -0.2) is 39.9 Å². The summed E-state index contributed by atoms with van der Waals surface area (Å²) >= 11 is 5.66. The Hall–Kier alpha value is -2.07. The summed E-state index contributed by atoms with van der Waals surface area (Å²) in [4.78, 5) is 7.98. The van der Waals surface area contributed by atoms with Crippen LogP contribution in [0.1, 0.15) is 19.3 Å². The van der Waals surface area contributed by atoms with E-state index in [2.05, 4.69) is 9.98 Å². The third kappa shape index (κ3) is 4.71. The lowest BCUT2D eigenvalue weighted by atomic mass is 10.2. The van der Waals surface area contributed by atoms with Crippen LogP contribution in [0.5, 0.6) is 0 Å². The number of nitrogens with zero attached hydrogens (tertiary/aromatic N) is 2. The number of hydroxylamine groups is 2. The summed E-state index contributed by atoms with van der Waals surface area (Å²) in [5.74, 6) is -1.10. The third-order valence-corrected chi connectivity index (χ3v) is 3.89. The first kappa shape index (κ1) is 18.3. The van der Waals surface area contributed by atoms with Crippen molar-refractivity contribution in [1.82, 2.24) is 11.0 Å². The summed E-state index contributed by atoms with van der Waals surface area (Å²) in [7, 11) is 0. The van der Waals surface area contributed by atoms with Gasteiger partial charge < -0.3 is 5.73 Å². The van der Waals surface area contributed by atoms with Crippen LogP contribution in [0, 0.1) is 11.2 Å². The zero-order valence-electron chi connectivity index (χ0n) is 12.7. The summed E-state index contributed by atoms with van der Waals surface area (Å²) < 4.78 is 13.1. The van der Waals surface area contributed by atoms with E-state index in [1.807, 2.05) is 0 Å². The van der Waals surface area contributed by atoms with Gasteiger partial charge in [-0.2, -0.15) is 0 Å². The number of nitrogens with two attached hydrogens (primary N) is 1. The smallest absolute Gasteiger partial charge is 0.179 e. The Morgan fingerprint density at radius 1 is 1.33 bits per heavy atom. The van der Waals surface area contributed by atoms with Gasteiger partial charge in [-0.15, -0.1) is 0 Å². The molecule has 7 N–H and O–H groups in total. The van der Waals surface area contributed by atoms with Gasteiger partial charge in [-0.3, -0.25) is 31.8 Å². The van der Waals surface area contributed by atoms with Crippen molar-refractivity contribution < 1.29 is 14.8 Å². The highest BCUT2D eigenvalue weighted by Gasteiger charge is 2.37. The molecule has 1 aliphatic rings. The van der Waals surface area contributed by atoms with Gasteiger partial charge in [0.2, 0.25) is 0 Å². The number of nitrogens with one attached hydrogen (secondary N) is 3. The molecule has 24 heavy (non-hydrogen) atoms. The van der Waals surface area contributed by atoms with E-state index in [-0.39, 0.29) is 33.6 Å². The normalized spacial score (nSPS) is 16.7. The van der Waals surface area contributed by atoms with E-state index < -0.39 is 5.82 Å². The van der Waals surface area contributed by atoms with E-state index in [1.54, 1.807) is 11.0 Å². The topological polar surface area (TPSA) is 139 Å². The minimum Gasteiger partial charge on any atom is -0.325 e. The Balaban J connectivity index is 2.13. The van der Waals surface area contributed by atoms with Gasteiger partial charge >= 0.3 is 0 Å².